The number of carboxylic acids is 1. The van der Waals surface area contributed by atoms with E-state index in [0.29, 0.717) is 6.54 Å². The van der Waals surface area contributed by atoms with Gasteiger partial charge in [-0.25, -0.2) is 0 Å². The van der Waals surface area contributed by atoms with Gasteiger partial charge in [0.05, 0.1) is 6.04 Å². The van der Waals surface area contributed by atoms with Crippen molar-refractivity contribution >= 4 is 11.9 Å². The van der Waals surface area contributed by atoms with Gasteiger partial charge in [0.2, 0.25) is 5.91 Å². The van der Waals surface area contributed by atoms with Crippen molar-refractivity contribution in [2.75, 3.05) is 6.54 Å². The lowest BCUT2D eigenvalue weighted by molar-refractivity contribution is -0.137. The van der Waals surface area contributed by atoms with E-state index in [2.05, 4.69) is 12.2 Å². The summed E-state index contributed by atoms with van der Waals surface area (Å²) >= 11 is 0. The van der Waals surface area contributed by atoms with Gasteiger partial charge in [-0.3, -0.25) is 9.59 Å². The molecule has 1 amide bonds. The van der Waals surface area contributed by atoms with E-state index >= 15 is 0 Å². The van der Waals surface area contributed by atoms with E-state index < -0.39 is 12.0 Å². The minimum absolute atomic E-state index is 0.0619. The van der Waals surface area contributed by atoms with E-state index in [1.165, 1.54) is 89.9 Å². The lowest BCUT2D eigenvalue weighted by Crippen LogP contribution is -2.41. The van der Waals surface area contributed by atoms with Crippen LogP contribution >= 0.6 is 0 Å². The van der Waals surface area contributed by atoms with Gasteiger partial charge in [0.1, 0.15) is 0 Å². The van der Waals surface area contributed by atoms with Crippen LogP contribution in [-0.2, 0) is 9.59 Å². The molecule has 28 heavy (non-hydrogen) atoms. The maximum absolute atomic E-state index is 11.7. The number of aliphatic carboxylic acids is 1. The summed E-state index contributed by atoms with van der Waals surface area (Å²) in [5.41, 5.74) is 5.66. The first kappa shape index (κ1) is 26.9. The first-order chi connectivity index (χ1) is 13.6. The quantitative estimate of drug-likeness (QED) is 0.221. The number of carbonyl (C=O) groups excluding carboxylic acids is 1. The summed E-state index contributed by atoms with van der Waals surface area (Å²) in [6, 6.07) is -0.711. The van der Waals surface area contributed by atoms with Crippen molar-refractivity contribution in [2.24, 2.45) is 5.73 Å². The molecule has 1 atom stereocenters. The highest BCUT2D eigenvalue weighted by atomic mass is 16.4. The second-order valence-corrected chi connectivity index (χ2v) is 8.13. The standard InChI is InChI=1S/C23H46N2O3/c1-2-3-4-5-6-7-8-9-10-11-12-13-14-15-16-17-20-25-23(28)21(24)18-19-22(26)27/h21H,2-20,24H2,1H3,(H,25,28)(H,26,27). The Kier molecular flexibility index (Phi) is 19.8. The van der Waals surface area contributed by atoms with Crippen molar-refractivity contribution in [1.82, 2.24) is 5.32 Å². The molecule has 0 aliphatic carbocycles. The number of nitrogens with two attached hydrogens (primary N) is 1. The lowest BCUT2D eigenvalue weighted by atomic mass is 10.0. The summed E-state index contributed by atoms with van der Waals surface area (Å²) in [5.74, 6) is -1.15. The second kappa shape index (κ2) is 20.6. The summed E-state index contributed by atoms with van der Waals surface area (Å²) < 4.78 is 0. The lowest BCUT2D eigenvalue weighted by Gasteiger charge is -2.11. The average molecular weight is 399 g/mol. The Labute approximate surface area is 173 Å². The van der Waals surface area contributed by atoms with Crippen molar-refractivity contribution in [3.8, 4) is 0 Å². The molecule has 4 N–H and O–H groups in total. The number of hydrogen-bond acceptors (Lipinski definition) is 3. The zero-order valence-corrected chi connectivity index (χ0v) is 18.4. The third-order valence-electron chi connectivity index (χ3n) is 5.34. The first-order valence-electron chi connectivity index (χ1n) is 11.8. The van der Waals surface area contributed by atoms with Crippen molar-refractivity contribution in [3.05, 3.63) is 0 Å². The number of unbranched alkanes of at least 4 members (excludes halogenated alkanes) is 15. The monoisotopic (exact) mass is 398 g/mol. The van der Waals surface area contributed by atoms with Crippen molar-refractivity contribution in [2.45, 2.75) is 129 Å². The number of amides is 1. The third-order valence-corrected chi connectivity index (χ3v) is 5.34. The molecule has 0 aromatic heterocycles. The average Bonchev–Trinajstić information content (AvgIpc) is 2.68. The van der Waals surface area contributed by atoms with E-state index in [4.69, 9.17) is 10.8 Å². The van der Waals surface area contributed by atoms with Crippen LogP contribution in [0.3, 0.4) is 0 Å². The first-order valence-corrected chi connectivity index (χ1v) is 11.8. The molecule has 0 aromatic carbocycles. The van der Waals surface area contributed by atoms with E-state index in [-0.39, 0.29) is 18.7 Å². The fourth-order valence-electron chi connectivity index (χ4n) is 3.43. The topological polar surface area (TPSA) is 92.4 Å². The second-order valence-electron chi connectivity index (χ2n) is 8.13. The largest absolute Gasteiger partial charge is 0.481 e. The van der Waals surface area contributed by atoms with Crippen LogP contribution in [0.4, 0.5) is 0 Å². The number of nitrogens with one attached hydrogen (secondary N) is 1. The van der Waals surface area contributed by atoms with Gasteiger partial charge in [-0.15, -0.1) is 0 Å². The fraction of sp³-hybridized carbons (Fsp3) is 0.913. The molecule has 5 nitrogen and oxygen atoms in total. The van der Waals surface area contributed by atoms with Crippen LogP contribution < -0.4 is 11.1 Å². The van der Waals surface area contributed by atoms with E-state index in [0.717, 1.165) is 12.8 Å². The highest BCUT2D eigenvalue weighted by Gasteiger charge is 2.13. The SMILES string of the molecule is CCCCCCCCCCCCCCCCCCNC(=O)C(N)CCC(=O)O. The van der Waals surface area contributed by atoms with E-state index in [1.807, 2.05) is 0 Å². The molecular weight excluding hydrogens is 352 g/mol. The van der Waals surface area contributed by atoms with Gasteiger partial charge in [-0.05, 0) is 12.8 Å². The van der Waals surface area contributed by atoms with Crippen molar-refractivity contribution in [3.63, 3.8) is 0 Å². The van der Waals surface area contributed by atoms with Crippen LogP contribution in [0.15, 0.2) is 0 Å². The molecule has 0 saturated carbocycles. The summed E-state index contributed by atoms with van der Waals surface area (Å²) in [4.78, 5) is 22.2. The maximum atomic E-state index is 11.7. The van der Waals surface area contributed by atoms with Gasteiger partial charge in [-0.2, -0.15) is 0 Å². The number of hydrogen-bond donors (Lipinski definition) is 3. The Morgan fingerprint density at radius 3 is 1.54 bits per heavy atom. The summed E-state index contributed by atoms with van der Waals surface area (Å²) in [6.45, 7) is 2.91. The van der Waals surface area contributed by atoms with Gasteiger partial charge < -0.3 is 16.2 Å². The fourth-order valence-corrected chi connectivity index (χ4v) is 3.43. The van der Waals surface area contributed by atoms with Gasteiger partial charge >= 0.3 is 5.97 Å². The summed E-state index contributed by atoms with van der Waals surface area (Å²) in [7, 11) is 0. The third kappa shape index (κ3) is 19.7. The molecule has 0 radical (unpaired) electrons. The Bertz CT molecular complexity index is 375. The molecular formula is C23H46N2O3. The number of carbonyl (C=O) groups is 2. The van der Waals surface area contributed by atoms with Crippen LogP contribution in [0.25, 0.3) is 0 Å². The summed E-state index contributed by atoms with van der Waals surface area (Å²) in [5, 5.41) is 11.4. The van der Waals surface area contributed by atoms with Gasteiger partial charge in [-0.1, -0.05) is 103 Å². The molecule has 0 aliphatic rings. The molecule has 0 aromatic rings. The summed E-state index contributed by atoms with van der Waals surface area (Å²) in [6.07, 6.45) is 21.4. The van der Waals surface area contributed by atoms with Gasteiger partial charge in [0.25, 0.3) is 0 Å². The number of carboxylic acid groups (broad SMARTS) is 1. The molecule has 0 spiro atoms. The van der Waals surface area contributed by atoms with Crippen LogP contribution in [0.1, 0.15) is 122 Å². The molecule has 0 heterocycles. The highest BCUT2D eigenvalue weighted by molar-refractivity contribution is 5.82. The van der Waals surface area contributed by atoms with Gasteiger partial charge in [0, 0.05) is 13.0 Å². The Morgan fingerprint density at radius 1 is 0.750 bits per heavy atom. The molecule has 1 unspecified atom stereocenters. The normalized spacial score (nSPS) is 12.1. The number of rotatable bonds is 21. The van der Waals surface area contributed by atoms with Crippen LogP contribution in [0.5, 0.6) is 0 Å². The minimum atomic E-state index is -0.916. The molecule has 166 valence electrons. The maximum Gasteiger partial charge on any atom is 0.303 e. The van der Waals surface area contributed by atoms with Crippen molar-refractivity contribution < 1.29 is 14.7 Å². The van der Waals surface area contributed by atoms with E-state index in [1.54, 1.807) is 0 Å². The molecule has 0 rings (SSSR count). The van der Waals surface area contributed by atoms with E-state index in [9.17, 15) is 9.59 Å². The molecule has 0 bridgehead atoms. The molecule has 0 saturated heterocycles. The molecule has 5 heteroatoms. The zero-order chi connectivity index (χ0) is 20.9. The Balaban J connectivity index is 3.21. The highest BCUT2D eigenvalue weighted by Crippen LogP contribution is 2.13. The minimum Gasteiger partial charge on any atom is -0.481 e. The van der Waals surface area contributed by atoms with Crippen LogP contribution in [-0.4, -0.2) is 29.6 Å². The van der Waals surface area contributed by atoms with Crippen LogP contribution in [0.2, 0.25) is 0 Å². The smallest absolute Gasteiger partial charge is 0.303 e. The Morgan fingerprint density at radius 2 is 1.14 bits per heavy atom. The predicted octanol–water partition coefficient (Wildman–Crippen LogP) is 5.56. The zero-order valence-electron chi connectivity index (χ0n) is 18.4. The predicted molar refractivity (Wildman–Crippen MR) is 117 cm³/mol. The Hall–Kier alpha value is -1.10. The molecule has 0 aliphatic heterocycles. The van der Waals surface area contributed by atoms with Crippen molar-refractivity contribution in [1.29, 1.82) is 0 Å². The van der Waals surface area contributed by atoms with Gasteiger partial charge in [0.15, 0.2) is 0 Å². The van der Waals surface area contributed by atoms with Crippen LogP contribution in [0, 0.1) is 0 Å². The molecule has 0 fully saturated rings.